The van der Waals surface area contributed by atoms with Gasteiger partial charge in [0.1, 0.15) is 0 Å². The van der Waals surface area contributed by atoms with E-state index in [0.29, 0.717) is 30.1 Å². The van der Waals surface area contributed by atoms with E-state index in [1.165, 1.54) is 19.3 Å². The summed E-state index contributed by atoms with van der Waals surface area (Å²) in [7, 11) is 0. The molecule has 0 aromatic carbocycles. The number of hydrogen-bond donors (Lipinski definition) is 1. The third-order valence-electron chi connectivity index (χ3n) is 3.97. The smallest absolute Gasteiger partial charge is 0.226 e. The van der Waals surface area contributed by atoms with Crippen LogP contribution in [0.4, 0.5) is 0 Å². The maximum absolute atomic E-state index is 12.1. The summed E-state index contributed by atoms with van der Waals surface area (Å²) in [5, 5.41) is 8.77. The number of aliphatic hydroxyl groups is 1. The molecule has 86 valence electrons. The van der Waals surface area contributed by atoms with Gasteiger partial charge in [-0.25, -0.2) is 0 Å². The summed E-state index contributed by atoms with van der Waals surface area (Å²) in [4.78, 5) is 14.0. The van der Waals surface area contributed by atoms with E-state index in [1.54, 1.807) is 0 Å². The molecule has 2 fully saturated rings. The van der Waals surface area contributed by atoms with Crippen LogP contribution in [0.2, 0.25) is 0 Å². The predicted molar refractivity (Wildman–Crippen MR) is 58.3 cm³/mol. The number of hydrogen-bond acceptors (Lipinski definition) is 2. The molecule has 3 nitrogen and oxygen atoms in total. The lowest BCUT2D eigenvalue weighted by Gasteiger charge is -2.21. The van der Waals surface area contributed by atoms with Crippen LogP contribution in [-0.4, -0.2) is 35.6 Å². The molecule has 0 aromatic heterocycles. The van der Waals surface area contributed by atoms with Crippen LogP contribution >= 0.6 is 0 Å². The van der Waals surface area contributed by atoms with Crippen molar-refractivity contribution < 1.29 is 9.90 Å². The zero-order valence-electron chi connectivity index (χ0n) is 9.48. The van der Waals surface area contributed by atoms with Crippen LogP contribution < -0.4 is 0 Å². The molecule has 2 aliphatic carbocycles. The lowest BCUT2D eigenvalue weighted by atomic mass is 10.1. The van der Waals surface area contributed by atoms with Crippen molar-refractivity contribution in [1.82, 2.24) is 4.90 Å². The van der Waals surface area contributed by atoms with Crippen molar-refractivity contribution in [2.45, 2.75) is 32.6 Å². The Balaban J connectivity index is 1.83. The molecule has 0 aliphatic heterocycles. The van der Waals surface area contributed by atoms with Gasteiger partial charge in [0.2, 0.25) is 5.91 Å². The van der Waals surface area contributed by atoms with Crippen molar-refractivity contribution in [3.63, 3.8) is 0 Å². The largest absolute Gasteiger partial charge is 0.396 e. The molecule has 2 saturated carbocycles. The third-order valence-corrected chi connectivity index (χ3v) is 3.97. The van der Waals surface area contributed by atoms with E-state index < -0.39 is 0 Å². The Hall–Kier alpha value is -0.570. The number of nitrogens with zero attached hydrogens (tertiary/aromatic N) is 1. The Morgan fingerprint density at radius 3 is 2.60 bits per heavy atom. The molecule has 0 radical (unpaired) electrons. The van der Waals surface area contributed by atoms with Crippen molar-refractivity contribution in [1.29, 1.82) is 0 Å². The van der Waals surface area contributed by atoms with Crippen LogP contribution in [0.1, 0.15) is 32.6 Å². The first-order valence-corrected chi connectivity index (χ1v) is 6.19. The first-order valence-electron chi connectivity index (χ1n) is 6.19. The Morgan fingerprint density at radius 1 is 1.40 bits per heavy atom. The van der Waals surface area contributed by atoms with Gasteiger partial charge < -0.3 is 10.0 Å². The van der Waals surface area contributed by atoms with Crippen molar-refractivity contribution in [3.05, 3.63) is 0 Å². The zero-order chi connectivity index (χ0) is 10.8. The molecule has 0 saturated heterocycles. The van der Waals surface area contributed by atoms with Crippen LogP contribution in [-0.2, 0) is 4.79 Å². The van der Waals surface area contributed by atoms with Gasteiger partial charge in [0, 0.05) is 25.6 Å². The quantitative estimate of drug-likeness (QED) is 0.744. The molecule has 1 N–H and O–H groups in total. The fourth-order valence-electron chi connectivity index (χ4n) is 3.08. The van der Waals surface area contributed by atoms with Crippen molar-refractivity contribution >= 4 is 5.91 Å². The Kier molecular flexibility index (Phi) is 3.29. The molecule has 0 spiro atoms. The van der Waals surface area contributed by atoms with E-state index in [4.69, 9.17) is 5.11 Å². The van der Waals surface area contributed by atoms with E-state index in [0.717, 1.165) is 13.1 Å². The van der Waals surface area contributed by atoms with Gasteiger partial charge in [0.25, 0.3) is 0 Å². The Bertz CT molecular complexity index is 232. The summed E-state index contributed by atoms with van der Waals surface area (Å²) >= 11 is 0. The van der Waals surface area contributed by atoms with Crippen LogP contribution in [0.15, 0.2) is 0 Å². The first kappa shape index (κ1) is 10.9. The molecule has 2 aliphatic rings. The lowest BCUT2D eigenvalue weighted by Crippen LogP contribution is -2.34. The van der Waals surface area contributed by atoms with E-state index in [9.17, 15) is 4.79 Å². The highest BCUT2D eigenvalue weighted by Crippen LogP contribution is 2.58. The minimum Gasteiger partial charge on any atom is -0.396 e. The van der Waals surface area contributed by atoms with Crippen LogP contribution in [0.3, 0.4) is 0 Å². The van der Waals surface area contributed by atoms with Gasteiger partial charge in [-0.1, -0.05) is 6.42 Å². The fourth-order valence-corrected chi connectivity index (χ4v) is 3.08. The number of amides is 1. The molecule has 0 aromatic rings. The van der Waals surface area contributed by atoms with Gasteiger partial charge >= 0.3 is 0 Å². The van der Waals surface area contributed by atoms with Crippen molar-refractivity contribution in [2.24, 2.45) is 17.8 Å². The normalized spacial score (nSPS) is 32.5. The standard InChI is InChI=1S/C12H21NO2/c1-2-13(7-4-8-14)12(15)11-9-5-3-6-10(9)11/h9-11,14H,2-8H2,1H3. The molecule has 2 atom stereocenters. The molecule has 15 heavy (non-hydrogen) atoms. The molecule has 3 heteroatoms. The van der Waals surface area contributed by atoms with E-state index in [1.807, 2.05) is 11.8 Å². The second kappa shape index (κ2) is 4.52. The fraction of sp³-hybridized carbons (Fsp3) is 0.917. The number of fused-ring (bicyclic) bond motifs is 1. The Labute approximate surface area is 91.5 Å². The second-order valence-electron chi connectivity index (χ2n) is 4.78. The Morgan fingerprint density at radius 2 is 2.07 bits per heavy atom. The van der Waals surface area contributed by atoms with E-state index in [-0.39, 0.29) is 6.61 Å². The highest BCUT2D eigenvalue weighted by Gasteiger charge is 2.57. The van der Waals surface area contributed by atoms with Crippen LogP contribution in [0, 0.1) is 17.8 Å². The summed E-state index contributed by atoms with van der Waals surface area (Å²) in [6.07, 6.45) is 4.56. The summed E-state index contributed by atoms with van der Waals surface area (Å²) in [5.74, 6) is 2.11. The average Bonchev–Trinajstić information content (AvgIpc) is 2.73. The van der Waals surface area contributed by atoms with Crippen LogP contribution in [0.25, 0.3) is 0 Å². The van der Waals surface area contributed by atoms with Crippen LogP contribution in [0.5, 0.6) is 0 Å². The van der Waals surface area contributed by atoms with Gasteiger partial charge in [0.15, 0.2) is 0 Å². The molecule has 2 rings (SSSR count). The first-order chi connectivity index (χ1) is 7.29. The van der Waals surface area contributed by atoms with Gasteiger partial charge in [-0.15, -0.1) is 0 Å². The minimum atomic E-state index is 0.182. The van der Waals surface area contributed by atoms with E-state index in [2.05, 4.69) is 0 Å². The number of carbonyl (C=O) groups is 1. The highest BCUT2D eigenvalue weighted by atomic mass is 16.3. The predicted octanol–water partition coefficient (Wildman–Crippen LogP) is 1.26. The van der Waals surface area contributed by atoms with Gasteiger partial charge in [0.05, 0.1) is 0 Å². The van der Waals surface area contributed by atoms with Gasteiger partial charge in [-0.05, 0) is 38.0 Å². The monoisotopic (exact) mass is 211 g/mol. The van der Waals surface area contributed by atoms with Crippen molar-refractivity contribution in [2.75, 3.05) is 19.7 Å². The summed E-state index contributed by atoms with van der Waals surface area (Å²) < 4.78 is 0. The van der Waals surface area contributed by atoms with E-state index >= 15 is 0 Å². The molecular weight excluding hydrogens is 190 g/mol. The van der Waals surface area contributed by atoms with Gasteiger partial charge in [-0.3, -0.25) is 4.79 Å². The highest BCUT2D eigenvalue weighted by molar-refractivity contribution is 5.82. The average molecular weight is 211 g/mol. The SMILES string of the molecule is CCN(CCCO)C(=O)C1C2CCCC21. The summed E-state index contributed by atoms with van der Waals surface area (Å²) in [6.45, 7) is 3.71. The minimum absolute atomic E-state index is 0.182. The maximum Gasteiger partial charge on any atom is 0.226 e. The molecular formula is C12H21NO2. The number of rotatable bonds is 5. The summed E-state index contributed by atoms with van der Waals surface area (Å²) in [6, 6.07) is 0. The van der Waals surface area contributed by atoms with Crippen molar-refractivity contribution in [3.8, 4) is 0 Å². The summed E-state index contributed by atoms with van der Waals surface area (Å²) in [5.41, 5.74) is 0. The third kappa shape index (κ3) is 2.03. The maximum atomic E-state index is 12.1. The lowest BCUT2D eigenvalue weighted by molar-refractivity contribution is -0.133. The zero-order valence-corrected chi connectivity index (χ0v) is 9.48. The number of carbonyl (C=O) groups excluding carboxylic acids is 1. The second-order valence-corrected chi connectivity index (χ2v) is 4.78. The molecule has 0 bridgehead atoms. The van der Waals surface area contributed by atoms with Gasteiger partial charge in [-0.2, -0.15) is 0 Å². The molecule has 0 heterocycles. The topological polar surface area (TPSA) is 40.5 Å². The molecule has 2 unspecified atom stereocenters. The number of aliphatic hydroxyl groups excluding tert-OH is 1. The molecule has 1 amide bonds.